The third-order valence-corrected chi connectivity index (χ3v) is 14.4. The van der Waals surface area contributed by atoms with Crippen LogP contribution in [0, 0.1) is 0 Å². The molecule has 0 aliphatic carbocycles. The molecule has 0 radical (unpaired) electrons. The molecule has 0 saturated carbocycles. The minimum atomic E-state index is -0.144. The van der Waals surface area contributed by atoms with E-state index in [1.807, 2.05) is 45.5 Å². The number of nitrogens with zero attached hydrogens (tertiary/aromatic N) is 4. The van der Waals surface area contributed by atoms with E-state index in [9.17, 15) is 0 Å². The normalized spacial score (nSPS) is 11.7. The van der Waals surface area contributed by atoms with Gasteiger partial charge in [-0.3, -0.25) is 9.13 Å². The lowest BCUT2D eigenvalue weighted by Crippen LogP contribution is -2.22. The minimum Gasteiger partial charge on any atom is -0.309 e. The maximum Gasteiger partial charge on any atom is 0.338 e. The number of hydrogen-bond donors (Lipinski definition) is 0. The lowest BCUT2D eigenvalue weighted by Gasteiger charge is -2.12. The molecule has 14 aromatic rings. The van der Waals surface area contributed by atoms with Gasteiger partial charge >= 0.3 is 5.69 Å². The van der Waals surface area contributed by atoms with E-state index in [0.29, 0.717) is 0 Å². The largest absolute Gasteiger partial charge is 0.338 e. The Hall–Kier alpha value is -9.71. The van der Waals surface area contributed by atoms with Gasteiger partial charge in [-0.1, -0.05) is 170 Å². The first kappa shape index (κ1) is 41.3. The summed E-state index contributed by atoms with van der Waals surface area (Å²) < 4.78 is 8.39. The van der Waals surface area contributed by atoms with Crippen LogP contribution < -0.4 is 5.69 Å². The van der Waals surface area contributed by atoms with Gasteiger partial charge in [0.05, 0.1) is 44.5 Å². The molecule has 0 unspecified atom stereocenters. The summed E-state index contributed by atoms with van der Waals surface area (Å²) in [6.45, 7) is 0. The van der Waals surface area contributed by atoms with Crippen molar-refractivity contribution in [1.29, 1.82) is 0 Å². The van der Waals surface area contributed by atoms with Crippen LogP contribution in [0.3, 0.4) is 0 Å². The molecule has 0 aliphatic rings. The molecule has 0 aliphatic heterocycles. The third-order valence-electron chi connectivity index (χ3n) is 14.4. The van der Waals surface area contributed by atoms with Gasteiger partial charge in [0.2, 0.25) is 0 Å². The van der Waals surface area contributed by atoms with Crippen LogP contribution in [0.4, 0.5) is 0 Å². The molecule has 5 heteroatoms. The van der Waals surface area contributed by atoms with Crippen LogP contribution in [0.25, 0.3) is 122 Å². The van der Waals surface area contributed by atoms with E-state index in [4.69, 9.17) is 0 Å². The second-order valence-corrected chi connectivity index (χ2v) is 18.5. The lowest BCUT2D eigenvalue weighted by molar-refractivity contribution is 0.927. The predicted molar refractivity (Wildman–Crippen MR) is 299 cm³/mol. The maximum absolute atomic E-state index is 15.3. The monoisotopic (exact) mass is 920 g/mol. The predicted octanol–water partition coefficient (Wildman–Crippen LogP) is 16.6. The van der Waals surface area contributed by atoms with Crippen LogP contribution in [0.15, 0.2) is 272 Å². The Morgan fingerprint density at radius 2 is 0.458 bits per heavy atom. The van der Waals surface area contributed by atoms with Crippen molar-refractivity contribution in [3.63, 3.8) is 0 Å². The molecule has 0 amide bonds. The summed E-state index contributed by atoms with van der Waals surface area (Å²) in [6, 6.07) is 94.2. The number of hydrogen-bond acceptors (Lipinski definition) is 1. The molecule has 0 atom stereocenters. The molecular formula is C67H44N4O. The number of para-hydroxylation sites is 2. The van der Waals surface area contributed by atoms with Gasteiger partial charge in [0.25, 0.3) is 0 Å². The highest BCUT2D eigenvalue weighted by molar-refractivity contribution is 6.13. The van der Waals surface area contributed by atoms with Crippen LogP contribution >= 0.6 is 0 Å². The first-order valence-corrected chi connectivity index (χ1v) is 24.5. The average Bonchev–Trinajstić information content (AvgIpc) is 4.07. The van der Waals surface area contributed by atoms with Crippen LogP contribution in [0.5, 0.6) is 0 Å². The first-order valence-electron chi connectivity index (χ1n) is 24.5. The average molecular weight is 921 g/mol. The Labute approximate surface area is 415 Å². The van der Waals surface area contributed by atoms with Crippen molar-refractivity contribution in [2.75, 3.05) is 0 Å². The van der Waals surface area contributed by atoms with E-state index in [1.165, 1.54) is 43.8 Å². The summed E-state index contributed by atoms with van der Waals surface area (Å²) in [4.78, 5) is 15.3. The van der Waals surface area contributed by atoms with Crippen molar-refractivity contribution in [2.45, 2.75) is 0 Å². The van der Waals surface area contributed by atoms with E-state index < -0.39 is 0 Å². The fourth-order valence-electron chi connectivity index (χ4n) is 11.0. The molecule has 72 heavy (non-hydrogen) atoms. The molecule has 3 heterocycles. The molecule has 3 aromatic heterocycles. The number of rotatable bonds is 8. The Kier molecular flexibility index (Phi) is 9.61. The van der Waals surface area contributed by atoms with Crippen molar-refractivity contribution < 1.29 is 0 Å². The highest BCUT2D eigenvalue weighted by atomic mass is 16.1. The second-order valence-electron chi connectivity index (χ2n) is 18.5. The molecule has 11 aromatic carbocycles. The van der Waals surface area contributed by atoms with Crippen LogP contribution in [-0.2, 0) is 0 Å². The summed E-state index contributed by atoms with van der Waals surface area (Å²) in [5.74, 6) is 0. The Morgan fingerprint density at radius 1 is 0.194 bits per heavy atom. The van der Waals surface area contributed by atoms with Crippen LogP contribution in [0.1, 0.15) is 0 Å². The maximum atomic E-state index is 15.3. The van der Waals surface area contributed by atoms with Gasteiger partial charge in [-0.25, -0.2) is 4.79 Å². The summed E-state index contributed by atoms with van der Waals surface area (Å²) in [5, 5.41) is 4.67. The van der Waals surface area contributed by atoms with Crippen molar-refractivity contribution in [3.8, 4) is 67.3 Å². The molecule has 338 valence electrons. The second kappa shape index (κ2) is 16.8. The fourth-order valence-corrected chi connectivity index (χ4v) is 11.0. The highest BCUT2D eigenvalue weighted by Crippen LogP contribution is 2.40. The summed E-state index contributed by atoms with van der Waals surface area (Å²) >= 11 is 0. The van der Waals surface area contributed by atoms with Gasteiger partial charge in [-0.2, -0.15) is 0 Å². The fraction of sp³-hybridized carbons (Fsp3) is 0. The number of aromatic nitrogens is 4. The Balaban J connectivity index is 0.919. The minimum absolute atomic E-state index is 0.144. The molecule has 5 nitrogen and oxygen atoms in total. The SMILES string of the molecule is O=c1n(-c2cccc(-n3c4ccc(-c5ccccc5)cc4c4cc(-c5ccccc5)ccc43)c2)c2ccccc2n1-c1cccc(-n2c3ccc(-c4ccccc4)cc3c3cc(-c4ccccc4)ccc32)c1. The smallest absolute Gasteiger partial charge is 0.309 e. The van der Waals surface area contributed by atoms with Gasteiger partial charge in [-0.05, 0) is 142 Å². The van der Waals surface area contributed by atoms with Crippen molar-refractivity contribution in [3.05, 3.63) is 277 Å². The summed E-state index contributed by atoms with van der Waals surface area (Å²) in [5.41, 5.74) is 18.7. The van der Waals surface area contributed by atoms with Gasteiger partial charge < -0.3 is 9.13 Å². The topological polar surface area (TPSA) is 36.8 Å². The van der Waals surface area contributed by atoms with Crippen LogP contribution in [0.2, 0.25) is 0 Å². The quantitative estimate of drug-likeness (QED) is 0.150. The Morgan fingerprint density at radius 3 is 0.750 bits per heavy atom. The van der Waals surface area contributed by atoms with E-state index >= 15 is 4.79 Å². The first-order chi connectivity index (χ1) is 35.6. The van der Waals surface area contributed by atoms with Gasteiger partial charge in [0.1, 0.15) is 0 Å². The van der Waals surface area contributed by atoms with E-state index in [0.717, 1.165) is 78.1 Å². The third kappa shape index (κ3) is 6.74. The molecule has 0 bridgehead atoms. The number of benzene rings is 11. The summed E-state index contributed by atoms with van der Waals surface area (Å²) in [6.07, 6.45) is 0. The number of imidazole rings is 1. The molecule has 0 fully saturated rings. The molecule has 0 spiro atoms. The van der Waals surface area contributed by atoms with Crippen LogP contribution in [-0.4, -0.2) is 18.3 Å². The zero-order valence-electron chi connectivity index (χ0n) is 39.1. The van der Waals surface area contributed by atoms with E-state index in [2.05, 4.69) is 240 Å². The number of fused-ring (bicyclic) bond motifs is 7. The van der Waals surface area contributed by atoms with Crippen molar-refractivity contribution in [1.82, 2.24) is 18.3 Å². The zero-order chi connectivity index (χ0) is 47.7. The van der Waals surface area contributed by atoms with Gasteiger partial charge in [-0.15, -0.1) is 0 Å². The van der Waals surface area contributed by atoms with E-state index in [-0.39, 0.29) is 5.69 Å². The van der Waals surface area contributed by atoms with Crippen molar-refractivity contribution in [2.24, 2.45) is 0 Å². The lowest BCUT2D eigenvalue weighted by atomic mass is 10.0. The molecule has 14 rings (SSSR count). The molecular weight excluding hydrogens is 877 g/mol. The zero-order valence-corrected chi connectivity index (χ0v) is 39.1. The highest BCUT2D eigenvalue weighted by Gasteiger charge is 2.21. The van der Waals surface area contributed by atoms with E-state index in [1.54, 1.807) is 0 Å². The summed E-state index contributed by atoms with van der Waals surface area (Å²) in [7, 11) is 0. The molecule has 0 N–H and O–H groups in total. The van der Waals surface area contributed by atoms with Gasteiger partial charge in [0, 0.05) is 32.9 Å². The standard InChI is InChI=1S/C67H44N4O/c72-67-70(55-27-15-25-53(43-55)68-61-35-31-49(45-17-5-1-6-18-45)39-57(61)58-40-50(32-36-62(58)68)46-19-7-2-8-20-46)65-29-13-14-30-66(65)71(67)56-28-16-26-54(44-56)69-63-37-33-51(47-21-9-3-10-22-47)41-59(63)60-42-52(34-38-64(60)69)48-23-11-4-12-24-48/h1-44H. The van der Waals surface area contributed by atoms with Gasteiger partial charge in [0.15, 0.2) is 0 Å². The Bertz CT molecular complexity index is 3970. The van der Waals surface area contributed by atoms with Crippen molar-refractivity contribution >= 4 is 54.6 Å². The molecule has 0 saturated heterocycles.